The molecule has 0 aromatic rings. The monoisotopic (exact) mass is 290 g/mol. The van der Waals surface area contributed by atoms with Gasteiger partial charge in [-0.3, -0.25) is 9.11 Å². The molecule has 0 aromatic heterocycles. The van der Waals surface area contributed by atoms with E-state index in [2.05, 4.69) is 13.8 Å². The Morgan fingerprint density at radius 3 is 1.56 bits per heavy atom. The zero-order valence-corrected chi connectivity index (χ0v) is 12.3. The van der Waals surface area contributed by atoms with Crippen LogP contribution >= 0.6 is 0 Å². The molecule has 8 heteroatoms. The summed E-state index contributed by atoms with van der Waals surface area (Å²) in [5.74, 6) is 0.854. The van der Waals surface area contributed by atoms with Crippen LogP contribution in [-0.4, -0.2) is 29.2 Å². The number of hydrogen-bond donors (Lipinski definition) is 5. The second-order valence-corrected chi connectivity index (χ2v) is 5.02. The van der Waals surface area contributed by atoms with Gasteiger partial charge in [-0.05, 0) is 12.3 Å². The maximum atomic E-state index is 8.74. The molecule has 0 atom stereocenters. The zero-order chi connectivity index (χ0) is 13.0. The SMILES string of the molecule is CC(C)CCCCCCCO.N.N.O=S(=O)(O)O. The smallest absolute Gasteiger partial charge is 0.394 e. The minimum atomic E-state index is -4.67. The van der Waals surface area contributed by atoms with E-state index in [1.54, 1.807) is 0 Å². The van der Waals surface area contributed by atoms with Crippen molar-refractivity contribution in [2.75, 3.05) is 6.61 Å². The lowest BCUT2D eigenvalue weighted by atomic mass is 10.0. The molecule has 0 fully saturated rings. The van der Waals surface area contributed by atoms with Gasteiger partial charge in [0, 0.05) is 6.61 Å². The van der Waals surface area contributed by atoms with Gasteiger partial charge in [-0.15, -0.1) is 0 Å². The van der Waals surface area contributed by atoms with Crippen LogP contribution in [0.5, 0.6) is 0 Å². The summed E-state index contributed by atoms with van der Waals surface area (Å²) >= 11 is 0. The molecule has 0 bridgehead atoms. The van der Waals surface area contributed by atoms with Crippen LogP contribution in [0.3, 0.4) is 0 Å². The van der Waals surface area contributed by atoms with Crippen molar-refractivity contribution < 1.29 is 22.6 Å². The van der Waals surface area contributed by atoms with Crippen molar-refractivity contribution >= 4 is 10.4 Å². The maximum absolute atomic E-state index is 8.74. The third-order valence-electron chi connectivity index (χ3n) is 1.94. The molecule has 0 amide bonds. The van der Waals surface area contributed by atoms with Crippen LogP contribution in [0.4, 0.5) is 0 Å². The highest BCUT2D eigenvalue weighted by molar-refractivity contribution is 7.79. The summed E-state index contributed by atoms with van der Waals surface area (Å²) in [7, 11) is -4.67. The molecule has 0 aliphatic carbocycles. The fraction of sp³-hybridized carbons (Fsp3) is 1.00. The predicted molar refractivity (Wildman–Crippen MR) is 73.8 cm³/mol. The molecule has 0 aliphatic rings. The van der Waals surface area contributed by atoms with E-state index < -0.39 is 10.4 Å². The van der Waals surface area contributed by atoms with E-state index in [1.807, 2.05) is 0 Å². The fourth-order valence-corrected chi connectivity index (χ4v) is 1.19. The number of unbranched alkanes of at least 4 members (excludes halogenated alkanes) is 4. The number of hydrogen-bond acceptors (Lipinski definition) is 5. The van der Waals surface area contributed by atoms with Crippen LogP contribution in [0.25, 0.3) is 0 Å². The van der Waals surface area contributed by atoms with Gasteiger partial charge in [0.15, 0.2) is 0 Å². The van der Waals surface area contributed by atoms with Crippen molar-refractivity contribution in [2.45, 2.75) is 52.4 Å². The molecule has 0 rings (SSSR count). The Bertz CT molecular complexity index is 224. The van der Waals surface area contributed by atoms with Crippen LogP contribution < -0.4 is 12.3 Å². The molecule has 0 heterocycles. The first-order valence-corrected chi connectivity index (χ1v) is 6.97. The summed E-state index contributed by atoms with van der Waals surface area (Å²) in [4.78, 5) is 0. The lowest BCUT2D eigenvalue weighted by Gasteiger charge is -2.03. The van der Waals surface area contributed by atoms with Gasteiger partial charge in [-0.2, -0.15) is 8.42 Å². The summed E-state index contributed by atoms with van der Waals surface area (Å²) in [5.41, 5.74) is 0. The van der Waals surface area contributed by atoms with Crippen molar-refractivity contribution in [3.8, 4) is 0 Å². The summed E-state index contributed by atoms with van der Waals surface area (Å²) < 4.78 is 31.6. The van der Waals surface area contributed by atoms with E-state index in [0.717, 1.165) is 12.3 Å². The molecule has 0 radical (unpaired) electrons. The van der Waals surface area contributed by atoms with Gasteiger partial charge in [-0.1, -0.05) is 46.0 Å². The molecule has 116 valence electrons. The van der Waals surface area contributed by atoms with E-state index in [0.29, 0.717) is 6.61 Å². The Morgan fingerprint density at radius 2 is 1.22 bits per heavy atom. The van der Waals surface area contributed by atoms with Crippen LogP contribution in [0.1, 0.15) is 52.4 Å². The zero-order valence-electron chi connectivity index (χ0n) is 11.5. The molecular weight excluding hydrogens is 260 g/mol. The van der Waals surface area contributed by atoms with Gasteiger partial charge in [0.25, 0.3) is 0 Å². The number of aliphatic hydroxyl groups excluding tert-OH is 1. The van der Waals surface area contributed by atoms with E-state index in [4.69, 9.17) is 22.6 Å². The summed E-state index contributed by atoms with van der Waals surface area (Å²) in [5, 5.41) is 8.51. The van der Waals surface area contributed by atoms with E-state index in [1.165, 1.54) is 32.1 Å². The highest BCUT2D eigenvalue weighted by Crippen LogP contribution is 2.09. The largest absolute Gasteiger partial charge is 0.396 e. The van der Waals surface area contributed by atoms with Gasteiger partial charge in [0.05, 0.1) is 0 Å². The Balaban J connectivity index is -0.000000122. The standard InChI is InChI=1S/C10H22O.2H3N.H2O4S/c1-10(2)8-6-4-3-5-7-9-11;;;1-5(2,3)4/h10-11H,3-9H2,1-2H3;2*1H3;(H2,1,2,3,4). The molecule has 0 saturated heterocycles. The Hall–Kier alpha value is -0.250. The second-order valence-electron chi connectivity index (χ2n) is 4.12. The topological polar surface area (TPSA) is 165 Å². The first kappa shape index (κ1) is 26.3. The molecule has 0 saturated carbocycles. The molecule has 0 spiro atoms. The summed E-state index contributed by atoms with van der Waals surface area (Å²) in [6, 6.07) is 0. The Labute approximate surface area is 111 Å². The minimum Gasteiger partial charge on any atom is -0.396 e. The summed E-state index contributed by atoms with van der Waals surface area (Å²) in [6.45, 7) is 4.91. The molecule has 0 unspecified atom stereocenters. The highest BCUT2D eigenvalue weighted by atomic mass is 32.3. The predicted octanol–water partition coefficient (Wildman–Crippen LogP) is 2.65. The van der Waals surface area contributed by atoms with Gasteiger partial charge < -0.3 is 17.4 Å². The van der Waals surface area contributed by atoms with Gasteiger partial charge >= 0.3 is 10.4 Å². The van der Waals surface area contributed by atoms with Gasteiger partial charge in [0.1, 0.15) is 0 Å². The second kappa shape index (κ2) is 16.8. The van der Waals surface area contributed by atoms with E-state index in [9.17, 15) is 0 Å². The fourth-order valence-electron chi connectivity index (χ4n) is 1.19. The van der Waals surface area contributed by atoms with Crippen LogP contribution in [0.15, 0.2) is 0 Å². The lowest BCUT2D eigenvalue weighted by molar-refractivity contribution is 0.282. The highest BCUT2D eigenvalue weighted by Gasteiger charge is 1.93. The normalized spacial score (nSPS) is 9.89. The first-order chi connectivity index (χ1) is 7.27. The molecule has 0 aromatic carbocycles. The van der Waals surface area contributed by atoms with E-state index in [-0.39, 0.29) is 12.3 Å². The van der Waals surface area contributed by atoms with Crippen LogP contribution in [0.2, 0.25) is 0 Å². The average molecular weight is 290 g/mol. The maximum Gasteiger partial charge on any atom is 0.394 e. The molecule has 18 heavy (non-hydrogen) atoms. The third-order valence-corrected chi connectivity index (χ3v) is 1.94. The Kier molecular flexibility index (Phi) is 24.5. The number of rotatable bonds is 7. The summed E-state index contributed by atoms with van der Waals surface area (Å²) in [6.07, 6.45) is 7.56. The van der Waals surface area contributed by atoms with Crippen molar-refractivity contribution in [3.63, 3.8) is 0 Å². The quantitative estimate of drug-likeness (QED) is 0.355. The van der Waals surface area contributed by atoms with Crippen molar-refractivity contribution in [2.24, 2.45) is 5.92 Å². The lowest BCUT2D eigenvalue weighted by Crippen LogP contribution is -1.89. The molecule has 7 nitrogen and oxygen atoms in total. The van der Waals surface area contributed by atoms with Crippen molar-refractivity contribution in [3.05, 3.63) is 0 Å². The van der Waals surface area contributed by atoms with Crippen molar-refractivity contribution in [1.29, 1.82) is 0 Å². The molecule has 9 N–H and O–H groups in total. The number of aliphatic hydroxyl groups is 1. The first-order valence-electron chi connectivity index (χ1n) is 5.58. The average Bonchev–Trinajstić information content (AvgIpc) is 2.08. The van der Waals surface area contributed by atoms with Crippen LogP contribution in [0, 0.1) is 5.92 Å². The third kappa shape index (κ3) is 57.1. The van der Waals surface area contributed by atoms with Crippen LogP contribution in [-0.2, 0) is 10.4 Å². The van der Waals surface area contributed by atoms with Gasteiger partial charge in [0.2, 0.25) is 0 Å². The minimum absolute atomic E-state index is 0. The molecular formula is C10H30N2O5S. The van der Waals surface area contributed by atoms with Crippen molar-refractivity contribution in [1.82, 2.24) is 12.3 Å². The Morgan fingerprint density at radius 1 is 0.889 bits per heavy atom. The molecule has 0 aliphatic heterocycles. The van der Waals surface area contributed by atoms with E-state index >= 15 is 0 Å². The van der Waals surface area contributed by atoms with Gasteiger partial charge in [-0.25, -0.2) is 0 Å².